The van der Waals surface area contributed by atoms with E-state index in [2.05, 4.69) is 36.0 Å². The summed E-state index contributed by atoms with van der Waals surface area (Å²) in [6.45, 7) is 6.46. The quantitative estimate of drug-likeness (QED) is 0.294. The molecule has 0 spiro atoms. The Balaban J connectivity index is 2.43. The summed E-state index contributed by atoms with van der Waals surface area (Å²) in [6, 6.07) is 6.17. The number of nitrogens with zero attached hydrogens (tertiary/aromatic N) is 2. The molecule has 1 heterocycles. The Morgan fingerprint density at radius 2 is 2.35 bits per heavy atom. The van der Waals surface area contributed by atoms with Gasteiger partial charge in [0, 0.05) is 23.7 Å². The number of oxime groups is 1. The molecule has 1 aromatic rings. The fraction of sp³-hybridized carbons (Fsp3) is 0.533. The molecule has 0 amide bonds. The van der Waals surface area contributed by atoms with E-state index in [4.69, 9.17) is 10.9 Å². The van der Waals surface area contributed by atoms with Crippen molar-refractivity contribution in [1.82, 2.24) is 0 Å². The summed E-state index contributed by atoms with van der Waals surface area (Å²) in [5.41, 5.74) is 7.89. The molecule has 1 unspecified atom stereocenters. The van der Waals surface area contributed by atoms with Gasteiger partial charge in [-0.25, -0.2) is 0 Å². The minimum Gasteiger partial charge on any atom is -0.409 e. The fourth-order valence-corrected chi connectivity index (χ4v) is 3.61. The van der Waals surface area contributed by atoms with Crippen molar-refractivity contribution in [3.8, 4) is 0 Å². The van der Waals surface area contributed by atoms with Crippen LogP contribution in [0.2, 0.25) is 0 Å². The van der Waals surface area contributed by atoms with Crippen molar-refractivity contribution in [2.24, 2.45) is 16.8 Å². The highest BCUT2D eigenvalue weighted by molar-refractivity contribution is 7.99. The first-order chi connectivity index (χ1) is 9.67. The molecule has 0 bridgehead atoms. The topological polar surface area (TPSA) is 61.8 Å². The first-order valence-electron chi connectivity index (χ1n) is 7.16. The second-order valence-electron chi connectivity index (χ2n) is 5.26. The Bertz CT molecular complexity index is 490. The van der Waals surface area contributed by atoms with Gasteiger partial charge in [0.15, 0.2) is 5.84 Å². The van der Waals surface area contributed by atoms with Gasteiger partial charge in [0.2, 0.25) is 0 Å². The predicted molar refractivity (Wildman–Crippen MR) is 86.0 cm³/mol. The molecule has 5 heteroatoms. The molecule has 1 aliphatic rings. The molecule has 1 aliphatic heterocycles. The molecule has 0 aromatic heterocycles. The Labute approximate surface area is 125 Å². The number of anilines is 1. The van der Waals surface area contributed by atoms with Crippen molar-refractivity contribution in [3.05, 3.63) is 23.8 Å². The van der Waals surface area contributed by atoms with Crippen LogP contribution in [-0.2, 0) is 0 Å². The smallest absolute Gasteiger partial charge is 0.173 e. The van der Waals surface area contributed by atoms with Gasteiger partial charge in [0.05, 0.1) is 5.56 Å². The Kier molecular flexibility index (Phi) is 5.17. The van der Waals surface area contributed by atoms with Gasteiger partial charge in [0.25, 0.3) is 0 Å². The summed E-state index contributed by atoms with van der Waals surface area (Å²) in [7, 11) is 0. The van der Waals surface area contributed by atoms with E-state index in [9.17, 15) is 0 Å². The number of hydrogen-bond acceptors (Lipinski definition) is 4. The van der Waals surface area contributed by atoms with E-state index in [0.29, 0.717) is 5.92 Å². The Morgan fingerprint density at radius 3 is 3.00 bits per heavy atom. The predicted octanol–water partition coefficient (Wildman–Crippen LogP) is 3.13. The van der Waals surface area contributed by atoms with E-state index in [-0.39, 0.29) is 5.84 Å². The lowest BCUT2D eigenvalue weighted by molar-refractivity contribution is 0.318. The van der Waals surface area contributed by atoms with Crippen molar-refractivity contribution in [3.63, 3.8) is 0 Å². The van der Waals surface area contributed by atoms with Crippen LogP contribution in [0.3, 0.4) is 0 Å². The van der Waals surface area contributed by atoms with Crippen molar-refractivity contribution in [2.75, 3.05) is 23.7 Å². The third kappa shape index (κ3) is 3.20. The number of hydrogen-bond donors (Lipinski definition) is 2. The average molecular weight is 293 g/mol. The zero-order chi connectivity index (χ0) is 14.5. The minimum absolute atomic E-state index is 0.203. The van der Waals surface area contributed by atoms with E-state index in [1.807, 2.05) is 6.07 Å². The fourth-order valence-electron chi connectivity index (χ4n) is 2.77. The lowest BCUT2D eigenvalue weighted by Gasteiger charge is -2.34. The second kappa shape index (κ2) is 6.88. The van der Waals surface area contributed by atoms with Gasteiger partial charge >= 0.3 is 0 Å². The summed E-state index contributed by atoms with van der Waals surface area (Å²) in [6.07, 6.45) is 2.47. The molecule has 20 heavy (non-hydrogen) atoms. The number of piperidine rings is 1. The number of amidine groups is 1. The van der Waals surface area contributed by atoms with Gasteiger partial charge in [0.1, 0.15) is 0 Å². The Morgan fingerprint density at radius 1 is 1.55 bits per heavy atom. The second-order valence-corrected chi connectivity index (χ2v) is 6.57. The van der Waals surface area contributed by atoms with Crippen molar-refractivity contribution in [1.29, 1.82) is 0 Å². The summed E-state index contributed by atoms with van der Waals surface area (Å²) in [5, 5.41) is 12.3. The van der Waals surface area contributed by atoms with Crippen molar-refractivity contribution < 1.29 is 5.21 Å². The number of thioether (sulfide) groups is 1. The maximum atomic E-state index is 9.09. The molecule has 1 fully saturated rings. The summed E-state index contributed by atoms with van der Waals surface area (Å²) in [5.74, 6) is 1.85. The Hall–Kier alpha value is -1.36. The maximum absolute atomic E-state index is 9.09. The highest BCUT2D eigenvalue weighted by Crippen LogP contribution is 2.33. The van der Waals surface area contributed by atoms with Gasteiger partial charge in [-0.05, 0) is 36.6 Å². The van der Waals surface area contributed by atoms with Crippen LogP contribution >= 0.6 is 11.8 Å². The third-order valence-corrected chi connectivity index (χ3v) is 4.61. The van der Waals surface area contributed by atoms with Gasteiger partial charge in [-0.1, -0.05) is 25.1 Å². The van der Waals surface area contributed by atoms with Crippen LogP contribution in [0.1, 0.15) is 32.3 Å². The molecule has 3 N–H and O–H groups in total. The molecule has 0 saturated carbocycles. The van der Waals surface area contributed by atoms with Crippen LogP contribution in [0.25, 0.3) is 0 Å². The molecular formula is C15H23N3OS. The number of benzene rings is 1. The van der Waals surface area contributed by atoms with E-state index < -0.39 is 0 Å². The van der Waals surface area contributed by atoms with Crippen LogP contribution in [0, 0.1) is 5.92 Å². The van der Waals surface area contributed by atoms with E-state index in [0.717, 1.165) is 35.0 Å². The lowest BCUT2D eigenvalue weighted by atomic mass is 9.98. The SMILES string of the molecule is CCSc1cccc(N2CCCC(C)C2)c1/C(N)=N/O. The largest absolute Gasteiger partial charge is 0.409 e. The third-order valence-electron chi connectivity index (χ3n) is 3.67. The maximum Gasteiger partial charge on any atom is 0.173 e. The van der Waals surface area contributed by atoms with E-state index in [1.54, 1.807) is 11.8 Å². The van der Waals surface area contributed by atoms with Crippen LogP contribution in [0.15, 0.2) is 28.3 Å². The molecule has 4 nitrogen and oxygen atoms in total. The van der Waals surface area contributed by atoms with E-state index >= 15 is 0 Å². The standard InChI is InChI=1S/C15H23N3OS/c1-3-20-13-8-4-7-12(14(13)15(16)17-19)18-9-5-6-11(2)10-18/h4,7-8,11,19H,3,5-6,9-10H2,1-2H3,(H2,16,17). The van der Waals surface area contributed by atoms with Gasteiger partial charge in [-0.2, -0.15) is 0 Å². The van der Waals surface area contributed by atoms with Crippen molar-refractivity contribution >= 4 is 23.3 Å². The molecule has 1 atom stereocenters. The molecular weight excluding hydrogens is 270 g/mol. The zero-order valence-electron chi connectivity index (χ0n) is 12.2. The minimum atomic E-state index is 0.203. The number of rotatable bonds is 4. The first kappa shape index (κ1) is 15.0. The highest BCUT2D eigenvalue weighted by Gasteiger charge is 2.22. The normalized spacial score (nSPS) is 20.2. The molecule has 110 valence electrons. The van der Waals surface area contributed by atoms with Crippen LogP contribution in [0.5, 0.6) is 0 Å². The van der Waals surface area contributed by atoms with Crippen LogP contribution in [0.4, 0.5) is 5.69 Å². The monoisotopic (exact) mass is 293 g/mol. The molecule has 0 aliphatic carbocycles. The molecule has 1 aromatic carbocycles. The van der Waals surface area contributed by atoms with Gasteiger partial charge in [-0.15, -0.1) is 11.8 Å². The summed E-state index contributed by atoms with van der Waals surface area (Å²) >= 11 is 1.73. The lowest BCUT2D eigenvalue weighted by Crippen LogP contribution is -2.36. The first-order valence-corrected chi connectivity index (χ1v) is 8.14. The van der Waals surface area contributed by atoms with Crippen molar-refractivity contribution in [2.45, 2.75) is 31.6 Å². The van der Waals surface area contributed by atoms with Gasteiger partial charge in [-0.3, -0.25) is 0 Å². The summed E-state index contributed by atoms with van der Waals surface area (Å²) in [4.78, 5) is 3.44. The van der Waals surface area contributed by atoms with E-state index in [1.165, 1.54) is 12.8 Å². The number of nitrogens with two attached hydrogens (primary N) is 1. The molecule has 1 saturated heterocycles. The highest BCUT2D eigenvalue weighted by atomic mass is 32.2. The summed E-state index contributed by atoms with van der Waals surface area (Å²) < 4.78 is 0. The molecule has 0 radical (unpaired) electrons. The molecule has 2 rings (SSSR count). The van der Waals surface area contributed by atoms with Gasteiger partial charge < -0.3 is 15.8 Å². The zero-order valence-corrected chi connectivity index (χ0v) is 13.0. The average Bonchev–Trinajstić information content (AvgIpc) is 2.46. The van der Waals surface area contributed by atoms with Crippen LogP contribution in [-0.4, -0.2) is 29.9 Å². The van der Waals surface area contributed by atoms with Crippen LogP contribution < -0.4 is 10.6 Å².